The SMILES string of the molecule is CC(C)C[C@@H]1NC(=O)N(CC(=O)N2CCC(C)CC2)C1=O. The summed E-state index contributed by atoms with van der Waals surface area (Å²) in [6.07, 6.45) is 2.58. The second kappa shape index (κ2) is 6.45. The van der Waals surface area contributed by atoms with Crippen LogP contribution in [0.1, 0.15) is 40.0 Å². The van der Waals surface area contributed by atoms with Crippen molar-refractivity contribution in [1.29, 1.82) is 0 Å². The Balaban J connectivity index is 1.91. The van der Waals surface area contributed by atoms with E-state index in [0.717, 1.165) is 30.8 Å². The number of nitrogens with one attached hydrogen (secondary N) is 1. The molecule has 0 unspecified atom stereocenters. The van der Waals surface area contributed by atoms with Gasteiger partial charge in [0.05, 0.1) is 0 Å². The van der Waals surface area contributed by atoms with Gasteiger partial charge in [-0.2, -0.15) is 0 Å². The zero-order valence-electron chi connectivity index (χ0n) is 13.1. The molecule has 0 saturated carbocycles. The third kappa shape index (κ3) is 3.74. The number of piperidine rings is 1. The van der Waals surface area contributed by atoms with E-state index in [9.17, 15) is 14.4 Å². The van der Waals surface area contributed by atoms with Gasteiger partial charge in [0, 0.05) is 13.1 Å². The molecule has 2 heterocycles. The standard InChI is InChI=1S/C15H25N3O3/c1-10(2)8-12-14(20)18(15(21)16-12)9-13(19)17-6-4-11(3)5-7-17/h10-12H,4-9H2,1-3H3,(H,16,21)/t12-/m0/s1. The molecule has 21 heavy (non-hydrogen) atoms. The molecule has 2 aliphatic rings. The zero-order valence-corrected chi connectivity index (χ0v) is 13.1. The summed E-state index contributed by atoms with van der Waals surface area (Å²) in [7, 11) is 0. The maximum atomic E-state index is 12.2. The van der Waals surface area contributed by atoms with Crippen molar-refractivity contribution < 1.29 is 14.4 Å². The van der Waals surface area contributed by atoms with Crippen LogP contribution in [0, 0.1) is 11.8 Å². The van der Waals surface area contributed by atoms with E-state index in [1.807, 2.05) is 13.8 Å². The number of hydrogen-bond donors (Lipinski definition) is 1. The Hall–Kier alpha value is -1.59. The van der Waals surface area contributed by atoms with E-state index in [0.29, 0.717) is 18.3 Å². The minimum Gasteiger partial charge on any atom is -0.341 e. The fourth-order valence-electron chi connectivity index (χ4n) is 2.85. The van der Waals surface area contributed by atoms with Crippen LogP contribution >= 0.6 is 0 Å². The van der Waals surface area contributed by atoms with Crippen molar-refractivity contribution in [1.82, 2.24) is 15.1 Å². The van der Waals surface area contributed by atoms with E-state index in [1.54, 1.807) is 4.90 Å². The van der Waals surface area contributed by atoms with Crippen LogP contribution in [-0.2, 0) is 9.59 Å². The van der Waals surface area contributed by atoms with Crippen LogP contribution in [0.15, 0.2) is 0 Å². The molecule has 1 atom stereocenters. The summed E-state index contributed by atoms with van der Waals surface area (Å²) in [6.45, 7) is 7.49. The highest BCUT2D eigenvalue weighted by atomic mass is 16.2. The average Bonchev–Trinajstić information content (AvgIpc) is 2.66. The highest BCUT2D eigenvalue weighted by Crippen LogP contribution is 2.18. The zero-order chi connectivity index (χ0) is 15.6. The average molecular weight is 295 g/mol. The largest absolute Gasteiger partial charge is 0.341 e. The van der Waals surface area contributed by atoms with E-state index in [4.69, 9.17) is 0 Å². The van der Waals surface area contributed by atoms with Gasteiger partial charge in [-0.25, -0.2) is 4.79 Å². The number of likely N-dealkylation sites (tertiary alicyclic amines) is 1. The van der Waals surface area contributed by atoms with Crippen molar-refractivity contribution in [2.24, 2.45) is 11.8 Å². The molecule has 0 aromatic heterocycles. The molecular formula is C15H25N3O3. The van der Waals surface area contributed by atoms with Gasteiger partial charge in [0.25, 0.3) is 5.91 Å². The smallest absolute Gasteiger partial charge is 0.325 e. The predicted molar refractivity (Wildman–Crippen MR) is 78.5 cm³/mol. The molecule has 1 N–H and O–H groups in total. The van der Waals surface area contributed by atoms with Gasteiger partial charge in [-0.05, 0) is 31.1 Å². The third-order valence-corrected chi connectivity index (χ3v) is 4.24. The lowest BCUT2D eigenvalue weighted by Crippen LogP contribution is -2.46. The van der Waals surface area contributed by atoms with Crippen molar-refractivity contribution in [2.45, 2.75) is 46.1 Å². The fraction of sp³-hybridized carbons (Fsp3) is 0.800. The second-order valence-electron chi connectivity index (χ2n) is 6.62. The van der Waals surface area contributed by atoms with Crippen LogP contribution in [-0.4, -0.2) is 53.3 Å². The molecule has 0 aromatic rings. The summed E-state index contributed by atoms with van der Waals surface area (Å²) in [5.74, 6) is 0.558. The van der Waals surface area contributed by atoms with Crippen molar-refractivity contribution in [3.63, 3.8) is 0 Å². The van der Waals surface area contributed by atoms with Gasteiger partial charge < -0.3 is 10.2 Å². The number of carbonyl (C=O) groups excluding carboxylic acids is 3. The van der Waals surface area contributed by atoms with Gasteiger partial charge >= 0.3 is 6.03 Å². The van der Waals surface area contributed by atoms with Gasteiger partial charge in [0.15, 0.2) is 0 Å². The normalized spacial score (nSPS) is 23.9. The maximum absolute atomic E-state index is 12.2. The molecule has 2 rings (SSSR count). The molecule has 0 radical (unpaired) electrons. The molecule has 6 nitrogen and oxygen atoms in total. The van der Waals surface area contributed by atoms with Crippen LogP contribution in [0.25, 0.3) is 0 Å². The highest BCUT2D eigenvalue weighted by molar-refractivity contribution is 6.06. The minimum atomic E-state index is -0.480. The van der Waals surface area contributed by atoms with Gasteiger partial charge in [0.1, 0.15) is 12.6 Å². The van der Waals surface area contributed by atoms with Crippen LogP contribution in [0.2, 0.25) is 0 Å². The second-order valence-corrected chi connectivity index (χ2v) is 6.62. The first-order valence-corrected chi connectivity index (χ1v) is 7.78. The summed E-state index contributed by atoms with van der Waals surface area (Å²) in [5, 5.41) is 2.67. The van der Waals surface area contributed by atoms with E-state index < -0.39 is 12.1 Å². The quantitative estimate of drug-likeness (QED) is 0.793. The van der Waals surface area contributed by atoms with Crippen molar-refractivity contribution >= 4 is 17.8 Å². The van der Waals surface area contributed by atoms with E-state index >= 15 is 0 Å². The fourth-order valence-corrected chi connectivity index (χ4v) is 2.85. The van der Waals surface area contributed by atoms with E-state index in [1.165, 1.54) is 0 Å². The Labute approximate surface area is 125 Å². The first-order valence-electron chi connectivity index (χ1n) is 7.78. The molecule has 0 aliphatic carbocycles. The van der Waals surface area contributed by atoms with Crippen LogP contribution in [0.3, 0.4) is 0 Å². The van der Waals surface area contributed by atoms with Gasteiger partial charge in [-0.1, -0.05) is 20.8 Å². The Bertz CT molecular complexity index is 428. The Morgan fingerprint density at radius 3 is 2.48 bits per heavy atom. The van der Waals surface area contributed by atoms with Crippen molar-refractivity contribution in [3.05, 3.63) is 0 Å². The number of imide groups is 1. The molecule has 6 heteroatoms. The molecule has 2 aliphatic heterocycles. The van der Waals surface area contributed by atoms with Gasteiger partial charge in [0.2, 0.25) is 5.91 Å². The lowest BCUT2D eigenvalue weighted by molar-refractivity contribution is -0.138. The first-order chi connectivity index (χ1) is 9.88. The number of amides is 4. The number of hydrogen-bond acceptors (Lipinski definition) is 3. The molecule has 4 amide bonds. The molecule has 2 saturated heterocycles. The summed E-state index contributed by atoms with van der Waals surface area (Å²) in [4.78, 5) is 39.1. The number of nitrogens with zero attached hydrogens (tertiary/aromatic N) is 2. The minimum absolute atomic E-state index is 0.129. The monoisotopic (exact) mass is 295 g/mol. The summed E-state index contributed by atoms with van der Waals surface area (Å²) >= 11 is 0. The summed E-state index contributed by atoms with van der Waals surface area (Å²) < 4.78 is 0. The molecule has 118 valence electrons. The third-order valence-electron chi connectivity index (χ3n) is 4.24. The van der Waals surface area contributed by atoms with E-state index in [-0.39, 0.29) is 18.4 Å². The molecule has 0 aromatic carbocycles. The van der Waals surface area contributed by atoms with Crippen molar-refractivity contribution in [3.8, 4) is 0 Å². The van der Waals surface area contributed by atoms with E-state index in [2.05, 4.69) is 12.2 Å². The molecular weight excluding hydrogens is 270 g/mol. The number of urea groups is 1. The summed E-state index contributed by atoms with van der Waals surface area (Å²) in [6, 6.07) is -0.920. The van der Waals surface area contributed by atoms with Crippen LogP contribution < -0.4 is 5.32 Å². The Kier molecular flexibility index (Phi) is 4.85. The van der Waals surface area contributed by atoms with Crippen LogP contribution in [0.4, 0.5) is 4.79 Å². The van der Waals surface area contributed by atoms with Crippen molar-refractivity contribution in [2.75, 3.05) is 19.6 Å². The predicted octanol–water partition coefficient (Wildman–Crippen LogP) is 1.21. The Morgan fingerprint density at radius 2 is 1.90 bits per heavy atom. The molecule has 0 spiro atoms. The topological polar surface area (TPSA) is 69.7 Å². The van der Waals surface area contributed by atoms with Gasteiger partial charge in [-0.3, -0.25) is 14.5 Å². The van der Waals surface area contributed by atoms with Gasteiger partial charge in [-0.15, -0.1) is 0 Å². The lowest BCUT2D eigenvalue weighted by Gasteiger charge is -2.31. The number of carbonyl (C=O) groups is 3. The first kappa shape index (κ1) is 15.8. The Morgan fingerprint density at radius 1 is 1.29 bits per heavy atom. The molecule has 0 bridgehead atoms. The summed E-state index contributed by atoms with van der Waals surface area (Å²) in [5.41, 5.74) is 0. The van der Waals surface area contributed by atoms with Crippen LogP contribution in [0.5, 0.6) is 0 Å². The highest BCUT2D eigenvalue weighted by Gasteiger charge is 2.39. The number of rotatable bonds is 4. The molecule has 2 fully saturated rings. The maximum Gasteiger partial charge on any atom is 0.325 e. The lowest BCUT2D eigenvalue weighted by atomic mass is 9.99.